The quantitative estimate of drug-likeness (QED) is 0.846. The highest BCUT2D eigenvalue weighted by atomic mass is 35.5. The van der Waals surface area contributed by atoms with Crippen molar-refractivity contribution in [1.29, 1.82) is 0 Å². The summed E-state index contributed by atoms with van der Waals surface area (Å²) in [6, 6.07) is 1.39. The van der Waals surface area contributed by atoms with Crippen LogP contribution in [0.4, 0.5) is 5.82 Å². The van der Waals surface area contributed by atoms with Crippen LogP contribution in [0.3, 0.4) is 0 Å². The molecule has 0 aliphatic rings. The van der Waals surface area contributed by atoms with Crippen LogP contribution in [0, 0.1) is 11.8 Å². The minimum Gasteiger partial charge on any atom is -0.372 e. The predicted octanol–water partition coefficient (Wildman–Crippen LogP) is 2.35. The van der Waals surface area contributed by atoms with Gasteiger partial charge >= 0.3 is 0 Å². The van der Waals surface area contributed by atoms with Crippen molar-refractivity contribution < 1.29 is 8.42 Å². The van der Waals surface area contributed by atoms with E-state index in [1.54, 1.807) is 7.05 Å². The summed E-state index contributed by atoms with van der Waals surface area (Å²) in [4.78, 5) is 4.04. The summed E-state index contributed by atoms with van der Waals surface area (Å²) in [6.07, 6.45) is 1.29. The molecule has 0 radical (unpaired) electrons. The number of anilines is 1. The largest absolute Gasteiger partial charge is 0.372 e. The molecule has 0 bridgehead atoms. The number of nitrogens with zero attached hydrogens (tertiary/aromatic N) is 1. The second kappa shape index (κ2) is 6.54. The molecule has 0 spiro atoms. The van der Waals surface area contributed by atoms with E-state index in [0.29, 0.717) is 18.3 Å². The molecule has 7 heteroatoms. The van der Waals surface area contributed by atoms with Crippen molar-refractivity contribution in [2.75, 3.05) is 18.9 Å². The first-order valence-corrected chi connectivity index (χ1v) is 7.97. The fraction of sp³-hybridized carbons (Fsp3) is 0.583. The Morgan fingerprint density at radius 1 is 1.37 bits per heavy atom. The SMILES string of the molecule is CNc1ncc(S(=O)(=O)NCC(C)C(C)C)cc1Cl. The van der Waals surface area contributed by atoms with Gasteiger partial charge in [0.2, 0.25) is 10.0 Å². The molecule has 2 N–H and O–H groups in total. The Balaban J connectivity index is 2.86. The third-order valence-corrected chi connectivity index (χ3v) is 4.78. The van der Waals surface area contributed by atoms with E-state index in [-0.39, 0.29) is 15.8 Å². The number of rotatable bonds is 6. The van der Waals surface area contributed by atoms with E-state index in [1.807, 2.05) is 6.92 Å². The lowest BCUT2D eigenvalue weighted by atomic mass is 9.99. The molecule has 1 atom stereocenters. The number of pyridine rings is 1. The van der Waals surface area contributed by atoms with Gasteiger partial charge in [0.05, 0.1) is 5.02 Å². The summed E-state index contributed by atoms with van der Waals surface area (Å²) in [5.74, 6) is 1.13. The van der Waals surface area contributed by atoms with Crippen molar-refractivity contribution in [1.82, 2.24) is 9.71 Å². The van der Waals surface area contributed by atoms with Crippen LogP contribution in [0.1, 0.15) is 20.8 Å². The van der Waals surface area contributed by atoms with Crippen molar-refractivity contribution in [2.24, 2.45) is 11.8 Å². The Kier molecular flexibility index (Phi) is 5.58. The summed E-state index contributed by atoms with van der Waals surface area (Å²) in [7, 11) is -1.89. The maximum atomic E-state index is 12.1. The van der Waals surface area contributed by atoms with Crippen molar-refractivity contribution in [2.45, 2.75) is 25.7 Å². The first-order valence-electron chi connectivity index (χ1n) is 6.11. The summed E-state index contributed by atoms with van der Waals surface area (Å²) in [5, 5.41) is 3.06. The molecule has 1 aromatic rings. The molecule has 0 aliphatic heterocycles. The lowest BCUT2D eigenvalue weighted by molar-refractivity contribution is 0.414. The molecular weight excluding hydrogens is 286 g/mol. The second-order valence-electron chi connectivity index (χ2n) is 4.82. The molecule has 1 heterocycles. The smallest absolute Gasteiger partial charge is 0.242 e. The number of sulfonamides is 1. The van der Waals surface area contributed by atoms with Crippen LogP contribution in [0.5, 0.6) is 0 Å². The monoisotopic (exact) mass is 305 g/mol. The average Bonchev–Trinajstić information content (AvgIpc) is 2.35. The lowest BCUT2D eigenvalue weighted by Crippen LogP contribution is -2.30. The summed E-state index contributed by atoms with van der Waals surface area (Å²) in [6.45, 7) is 6.51. The Morgan fingerprint density at radius 2 is 2.00 bits per heavy atom. The number of hydrogen-bond donors (Lipinski definition) is 2. The van der Waals surface area contributed by atoms with Gasteiger partial charge in [0, 0.05) is 19.8 Å². The summed E-state index contributed by atoms with van der Waals surface area (Å²) < 4.78 is 26.7. The van der Waals surface area contributed by atoms with E-state index in [4.69, 9.17) is 11.6 Å². The predicted molar refractivity (Wildman–Crippen MR) is 78.0 cm³/mol. The minimum atomic E-state index is -3.56. The number of nitrogens with one attached hydrogen (secondary N) is 2. The van der Waals surface area contributed by atoms with Gasteiger partial charge in [0.1, 0.15) is 10.7 Å². The van der Waals surface area contributed by atoms with Crippen molar-refractivity contribution in [3.63, 3.8) is 0 Å². The molecule has 0 amide bonds. The fourth-order valence-corrected chi connectivity index (χ4v) is 2.75. The van der Waals surface area contributed by atoms with Crippen molar-refractivity contribution in [3.8, 4) is 0 Å². The Hall–Kier alpha value is -0.850. The van der Waals surface area contributed by atoms with Crippen molar-refractivity contribution in [3.05, 3.63) is 17.3 Å². The van der Waals surface area contributed by atoms with Gasteiger partial charge < -0.3 is 5.32 Å². The second-order valence-corrected chi connectivity index (χ2v) is 7.00. The van der Waals surface area contributed by atoms with Crippen LogP contribution >= 0.6 is 11.6 Å². The highest BCUT2D eigenvalue weighted by molar-refractivity contribution is 7.89. The Bertz CT molecular complexity index is 532. The highest BCUT2D eigenvalue weighted by Crippen LogP contribution is 2.22. The molecule has 0 fully saturated rings. The van der Waals surface area contributed by atoms with Gasteiger partial charge in [-0.2, -0.15) is 0 Å². The Morgan fingerprint density at radius 3 is 2.47 bits per heavy atom. The van der Waals surface area contributed by atoms with Crippen LogP contribution in [0.2, 0.25) is 5.02 Å². The maximum absolute atomic E-state index is 12.1. The topological polar surface area (TPSA) is 71.1 Å². The van der Waals surface area contributed by atoms with Crippen LogP contribution in [0.25, 0.3) is 0 Å². The van der Waals surface area contributed by atoms with E-state index in [9.17, 15) is 8.42 Å². The summed E-state index contributed by atoms with van der Waals surface area (Å²) >= 11 is 5.93. The molecule has 1 aromatic heterocycles. The minimum absolute atomic E-state index is 0.0763. The number of aromatic nitrogens is 1. The zero-order valence-corrected chi connectivity index (χ0v) is 13.1. The van der Waals surface area contributed by atoms with Crippen LogP contribution in [0.15, 0.2) is 17.2 Å². The van der Waals surface area contributed by atoms with Crippen LogP contribution in [-0.4, -0.2) is 27.0 Å². The molecular formula is C12H20ClN3O2S. The van der Waals surface area contributed by atoms with Gasteiger partial charge in [0.15, 0.2) is 0 Å². The molecule has 1 rings (SSSR count). The van der Waals surface area contributed by atoms with E-state index >= 15 is 0 Å². The molecule has 108 valence electrons. The average molecular weight is 306 g/mol. The zero-order valence-electron chi connectivity index (χ0n) is 11.6. The molecule has 0 aromatic carbocycles. The first-order chi connectivity index (χ1) is 8.77. The number of halogens is 1. The van der Waals surface area contributed by atoms with Gasteiger partial charge in [-0.15, -0.1) is 0 Å². The number of hydrogen-bond acceptors (Lipinski definition) is 4. The third kappa shape index (κ3) is 4.33. The normalized spacial score (nSPS) is 13.6. The molecule has 0 saturated carbocycles. The molecule has 1 unspecified atom stereocenters. The third-order valence-electron chi connectivity index (χ3n) is 3.10. The van der Waals surface area contributed by atoms with E-state index in [1.165, 1.54) is 12.3 Å². The summed E-state index contributed by atoms with van der Waals surface area (Å²) in [5.41, 5.74) is 0. The van der Waals surface area contributed by atoms with Gasteiger partial charge in [-0.3, -0.25) is 0 Å². The molecule has 0 aliphatic carbocycles. The molecule has 19 heavy (non-hydrogen) atoms. The lowest BCUT2D eigenvalue weighted by Gasteiger charge is -2.16. The van der Waals surface area contributed by atoms with E-state index in [0.717, 1.165) is 0 Å². The Labute approximate surface area is 119 Å². The molecule has 0 saturated heterocycles. The van der Waals surface area contributed by atoms with Gasteiger partial charge in [-0.1, -0.05) is 32.4 Å². The van der Waals surface area contributed by atoms with E-state index < -0.39 is 10.0 Å². The van der Waals surface area contributed by atoms with Gasteiger partial charge in [-0.05, 0) is 17.9 Å². The van der Waals surface area contributed by atoms with Gasteiger partial charge in [0.25, 0.3) is 0 Å². The van der Waals surface area contributed by atoms with Crippen LogP contribution in [-0.2, 0) is 10.0 Å². The highest BCUT2D eigenvalue weighted by Gasteiger charge is 2.18. The molecule has 5 nitrogen and oxygen atoms in total. The van der Waals surface area contributed by atoms with Gasteiger partial charge in [-0.25, -0.2) is 18.1 Å². The van der Waals surface area contributed by atoms with Crippen molar-refractivity contribution >= 4 is 27.4 Å². The first kappa shape index (κ1) is 16.2. The zero-order chi connectivity index (χ0) is 14.6. The fourth-order valence-electron chi connectivity index (χ4n) is 1.31. The maximum Gasteiger partial charge on any atom is 0.242 e. The standard InChI is InChI=1S/C12H20ClN3O2S/c1-8(2)9(3)6-16-19(17,18)10-5-11(13)12(14-4)15-7-10/h5,7-9,16H,6H2,1-4H3,(H,14,15). The van der Waals surface area contributed by atoms with E-state index in [2.05, 4.69) is 28.9 Å². The van der Waals surface area contributed by atoms with Crippen LogP contribution < -0.4 is 10.0 Å².